The van der Waals surface area contributed by atoms with Crippen LogP contribution in [0.1, 0.15) is 23.0 Å². The average molecular weight is 406 g/mol. The predicted molar refractivity (Wildman–Crippen MR) is 113 cm³/mol. The van der Waals surface area contributed by atoms with Gasteiger partial charge < -0.3 is 4.74 Å². The van der Waals surface area contributed by atoms with Crippen LogP contribution in [0.25, 0.3) is 15.9 Å². The fraction of sp³-hybridized carbons (Fsp3) is 0.143. The molecule has 29 heavy (non-hydrogen) atoms. The van der Waals surface area contributed by atoms with Gasteiger partial charge in [0.1, 0.15) is 5.75 Å². The van der Waals surface area contributed by atoms with Crippen molar-refractivity contribution in [2.75, 3.05) is 11.9 Å². The van der Waals surface area contributed by atoms with Crippen LogP contribution in [-0.4, -0.2) is 27.3 Å². The number of nitrogens with one attached hydrogen (secondary N) is 1. The van der Waals surface area contributed by atoms with Crippen LogP contribution in [0.2, 0.25) is 0 Å². The monoisotopic (exact) mass is 406 g/mol. The molecule has 8 heteroatoms. The molecule has 0 bridgehead atoms. The number of amides is 1. The van der Waals surface area contributed by atoms with E-state index in [1.54, 1.807) is 6.20 Å². The van der Waals surface area contributed by atoms with Crippen LogP contribution < -0.4 is 15.5 Å². The lowest BCUT2D eigenvalue weighted by atomic mass is 10.2. The highest BCUT2D eigenvalue weighted by atomic mass is 32.1. The highest BCUT2D eigenvalue weighted by Crippen LogP contribution is 2.29. The molecule has 0 aliphatic rings. The zero-order valence-corrected chi connectivity index (χ0v) is 16.7. The molecular weight excluding hydrogens is 388 g/mol. The number of nitrogens with zero attached hydrogens (tertiary/aromatic N) is 3. The van der Waals surface area contributed by atoms with Crippen molar-refractivity contribution in [3.63, 3.8) is 0 Å². The predicted octanol–water partition coefficient (Wildman–Crippen LogP) is 3.80. The summed E-state index contributed by atoms with van der Waals surface area (Å²) >= 11 is 1.31. The molecule has 0 aliphatic carbocycles. The molecule has 0 unspecified atom stereocenters. The SMILES string of the molecule is CCOc1ccc2nc(NC(=O)c3nn(-c4cccc(C)c4)ccc3=O)sc2c1. The normalized spacial score (nSPS) is 10.8. The van der Waals surface area contributed by atoms with Gasteiger partial charge in [-0.1, -0.05) is 23.5 Å². The van der Waals surface area contributed by atoms with Crippen LogP contribution in [0.3, 0.4) is 0 Å². The van der Waals surface area contributed by atoms with Crippen LogP contribution in [0.15, 0.2) is 59.5 Å². The molecule has 0 saturated heterocycles. The summed E-state index contributed by atoms with van der Waals surface area (Å²) in [5.74, 6) is 0.147. The maximum Gasteiger partial charge on any atom is 0.281 e. The Morgan fingerprint density at radius 2 is 2.07 bits per heavy atom. The Bertz CT molecular complexity index is 1260. The van der Waals surface area contributed by atoms with Gasteiger partial charge in [0.25, 0.3) is 5.91 Å². The first kappa shape index (κ1) is 18.8. The third-order valence-corrected chi connectivity index (χ3v) is 5.11. The number of carbonyl (C=O) groups is 1. The molecule has 1 N–H and O–H groups in total. The molecule has 1 amide bonds. The third kappa shape index (κ3) is 4.02. The number of aromatic nitrogens is 3. The van der Waals surface area contributed by atoms with Crippen LogP contribution in [0.5, 0.6) is 5.75 Å². The van der Waals surface area contributed by atoms with Crippen LogP contribution in [-0.2, 0) is 0 Å². The number of aryl methyl sites for hydroxylation is 1. The van der Waals surface area contributed by atoms with E-state index in [2.05, 4.69) is 15.4 Å². The maximum absolute atomic E-state index is 12.7. The van der Waals surface area contributed by atoms with E-state index in [0.717, 1.165) is 27.2 Å². The first-order valence-corrected chi connectivity index (χ1v) is 9.87. The van der Waals surface area contributed by atoms with Crippen molar-refractivity contribution in [2.24, 2.45) is 0 Å². The molecular formula is C21H18N4O3S. The van der Waals surface area contributed by atoms with Gasteiger partial charge in [-0.25, -0.2) is 9.67 Å². The number of benzene rings is 2. The van der Waals surface area contributed by atoms with Crippen molar-refractivity contribution < 1.29 is 9.53 Å². The van der Waals surface area contributed by atoms with Crippen molar-refractivity contribution in [1.29, 1.82) is 0 Å². The number of anilines is 1. The van der Waals surface area contributed by atoms with E-state index in [4.69, 9.17) is 4.74 Å². The average Bonchev–Trinajstić information content (AvgIpc) is 3.10. The lowest BCUT2D eigenvalue weighted by Gasteiger charge is -2.07. The highest BCUT2D eigenvalue weighted by molar-refractivity contribution is 7.22. The zero-order valence-electron chi connectivity index (χ0n) is 15.9. The molecule has 2 aromatic carbocycles. The summed E-state index contributed by atoms with van der Waals surface area (Å²) in [4.78, 5) is 29.3. The third-order valence-electron chi connectivity index (χ3n) is 4.18. The van der Waals surface area contributed by atoms with Gasteiger partial charge in [0.2, 0.25) is 5.43 Å². The molecule has 0 atom stereocenters. The second-order valence-corrected chi connectivity index (χ2v) is 7.38. The van der Waals surface area contributed by atoms with Crippen LogP contribution in [0, 0.1) is 6.92 Å². The summed E-state index contributed by atoms with van der Waals surface area (Å²) in [7, 11) is 0. The number of thiazole rings is 1. The molecule has 2 heterocycles. The summed E-state index contributed by atoms with van der Waals surface area (Å²) in [6, 6.07) is 14.5. The Morgan fingerprint density at radius 3 is 2.86 bits per heavy atom. The van der Waals surface area contributed by atoms with Crippen molar-refractivity contribution in [2.45, 2.75) is 13.8 Å². The number of carbonyl (C=O) groups excluding carboxylic acids is 1. The summed E-state index contributed by atoms with van der Waals surface area (Å²) < 4.78 is 7.88. The van der Waals surface area contributed by atoms with E-state index in [1.165, 1.54) is 22.1 Å². The minimum Gasteiger partial charge on any atom is -0.494 e. The molecule has 0 radical (unpaired) electrons. The van der Waals surface area contributed by atoms with Gasteiger partial charge in [0.05, 0.1) is 22.5 Å². The number of fused-ring (bicyclic) bond motifs is 1. The second kappa shape index (κ2) is 7.84. The van der Waals surface area contributed by atoms with Crippen molar-refractivity contribution in [3.8, 4) is 11.4 Å². The Kier molecular flexibility index (Phi) is 5.09. The molecule has 0 aliphatic heterocycles. The van der Waals surface area contributed by atoms with Gasteiger partial charge in [0, 0.05) is 12.3 Å². The largest absolute Gasteiger partial charge is 0.494 e. The highest BCUT2D eigenvalue weighted by Gasteiger charge is 2.16. The van der Waals surface area contributed by atoms with Gasteiger partial charge in [-0.15, -0.1) is 0 Å². The summed E-state index contributed by atoms with van der Waals surface area (Å²) in [6.07, 6.45) is 1.54. The van der Waals surface area contributed by atoms with Crippen molar-refractivity contribution in [1.82, 2.24) is 14.8 Å². The quantitative estimate of drug-likeness (QED) is 0.545. The first-order valence-electron chi connectivity index (χ1n) is 9.05. The number of rotatable bonds is 5. The second-order valence-electron chi connectivity index (χ2n) is 6.35. The zero-order chi connectivity index (χ0) is 20.4. The van der Waals surface area contributed by atoms with E-state index in [0.29, 0.717) is 11.7 Å². The fourth-order valence-corrected chi connectivity index (χ4v) is 3.74. The number of ether oxygens (including phenoxy) is 1. The van der Waals surface area contributed by atoms with Gasteiger partial charge >= 0.3 is 0 Å². The Balaban J connectivity index is 1.62. The van der Waals surface area contributed by atoms with E-state index in [9.17, 15) is 9.59 Å². The van der Waals surface area contributed by atoms with Crippen LogP contribution >= 0.6 is 11.3 Å². The van der Waals surface area contributed by atoms with Gasteiger partial charge in [-0.2, -0.15) is 5.10 Å². The van der Waals surface area contributed by atoms with Crippen LogP contribution in [0.4, 0.5) is 5.13 Å². The lowest BCUT2D eigenvalue weighted by Crippen LogP contribution is -2.25. The fourth-order valence-electron chi connectivity index (χ4n) is 2.85. The molecule has 7 nitrogen and oxygen atoms in total. The Morgan fingerprint density at radius 1 is 1.21 bits per heavy atom. The first-order chi connectivity index (χ1) is 14.0. The van der Waals surface area contributed by atoms with Crippen molar-refractivity contribution >= 4 is 32.6 Å². The molecule has 4 rings (SSSR count). The molecule has 4 aromatic rings. The minimum atomic E-state index is -0.596. The lowest BCUT2D eigenvalue weighted by molar-refractivity contribution is 0.101. The molecule has 0 spiro atoms. The summed E-state index contributed by atoms with van der Waals surface area (Å²) in [6.45, 7) is 4.45. The van der Waals surface area contributed by atoms with Crippen molar-refractivity contribution in [3.05, 3.63) is 76.2 Å². The number of hydrogen-bond acceptors (Lipinski definition) is 6. The van der Waals surface area contributed by atoms with Gasteiger partial charge in [-0.05, 0) is 49.7 Å². The number of hydrogen-bond donors (Lipinski definition) is 1. The Labute approximate surface area is 170 Å². The minimum absolute atomic E-state index is 0.191. The van der Waals surface area contributed by atoms with E-state index >= 15 is 0 Å². The van der Waals surface area contributed by atoms with Gasteiger partial charge in [0.15, 0.2) is 10.8 Å². The summed E-state index contributed by atoms with van der Waals surface area (Å²) in [5, 5.41) is 7.30. The topological polar surface area (TPSA) is 86.1 Å². The maximum atomic E-state index is 12.7. The van der Waals surface area contributed by atoms with E-state index < -0.39 is 11.3 Å². The van der Waals surface area contributed by atoms with Gasteiger partial charge in [-0.3, -0.25) is 14.9 Å². The van der Waals surface area contributed by atoms with E-state index in [1.807, 2.05) is 56.3 Å². The molecule has 0 saturated carbocycles. The van der Waals surface area contributed by atoms with E-state index in [-0.39, 0.29) is 5.69 Å². The standard InChI is InChI=1S/C21H18N4O3S/c1-3-28-15-7-8-16-18(12-15)29-21(22-16)23-20(27)19-17(26)9-10-25(24-19)14-6-4-5-13(2)11-14/h4-12H,3H2,1-2H3,(H,22,23,27). The molecule has 2 aromatic heterocycles. The Hall–Kier alpha value is -3.52. The molecule has 0 fully saturated rings. The summed E-state index contributed by atoms with van der Waals surface area (Å²) in [5.41, 5.74) is 1.92. The smallest absolute Gasteiger partial charge is 0.281 e. The molecule has 146 valence electrons.